The van der Waals surface area contributed by atoms with E-state index < -0.39 is 0 Å². The zero-order valence-corrected chi connectivity index (χ0v) is 17.5. The summed E-state index contributed by atoms with van der Waals surface area (Å²) in [6, 6.07) is 1.17. The van der Waals surface area contributed by atoms with Crippen LogP contribution in [0.2, 0.25) is 0 Å². The summed E-state index contributed by atoms with van der Waals surface area (Å²) in [5, 5.41) is 10.4. The number of likely N-dealkylation sites (tertiary alicyclic amines) is 1. The van der Waals surface area contributed by atoms with Crippen LogP contribution in [-0.2, 0) is 11.8 Å². The predicted octanol–water partition coefficient (Wildman–Crippen LogP) is 3.02. The largest absolute Gasteiger partial charge is 0.356 e. The van der Waals surface area contributed by atoms with E-state index in [9.17, 15) is 0 Å². The summed E-state index contributed by atoms with van der Waals surface area (Å²) in [6.07, 6.45) is 3.30. The van der Waals surface area contributed by atoms with Gasteiger partial charge in [-0.2, -0.15) is 0 Å². The van der Waals surface area contributed by atoms with Gasteiger partial charge in [-0.15, -0.1) is 11.3 Å². The van der Waals surface area contributed by atoms with Crippen LogP contribution < -0.4 is 10.6 Å². The van der Waals surface area contributed by atoms with Crippen molar-refractivity contribution in [2.24, 2.45) is 4.99 Å². The molecule has 0 bridgehead atoms. The highest BCUT2D eigenvalue weighted by Gasteiger charge is 2.21. The standard InChI is InChI=1S/C19H35N5S/c1-14(2)24-11-8-15(9-12-24)22-18(20-6)21-10-7-17-23-16(13-25-17)19(3,4)5/h13-15H,7-12H2,1-6H3,(H2,20,21,22). The highest BCUT2D eigenvalue weighted by atomic mass is 32.1. The van der Waals surface area contributed by atoms with Gasteiger partial charge in [-0.1, -0.05) is 20.8 Å². The summed E-state index contributed by atoms with van der Waals surface area (Å²) in [4.78, 5) is 11.7. The van der Waals surface area contributed by atoms with Gasteiger partial charge in [0.2, 0.25) is 0 Å². The molecule has 0 aromatic carbocycles. The fourth-order valence-corrected chi connectivity index (χ4v) is 4.03. The number of aliphatic imine (C=N–C) groups is 1. The first kappa shape index (κ1) is 20.2. The van der Waals surface area contributed by atoms with Crippen LogP contribution in [0, 0.1) is 0 Å². The van der Waals surface area contributed by atoms with E-state index >= 15 is 0 Å². The maximum Gasteiger partial charge on any atom is 0.191 e. The van der Waals surface area contributed by atoms with Gasteiger partial charge in [-0.05, 0) is 26.7 Å². The SMILES string of the molecule is CN=C(NCCc1nc(C(C)(C)C)cs1)NC1CCN(C(C)C)CC1. The number of thiazole rings is 1. The van der Waals surface area contributed by atoms with Crippen molar-refractivity contribution in [1.29, 1.82) is 0 Å². The first-order chi connectivity index (χ1) is 11.8. The Kier molecular flexibility index (Phi) is 7.25. The van der Waals surface area contributed by atoms with E-state index in [1.807, 2.05) is 7.05 Å². The van der Waals surface area contributed by atoms with Crippen molar-refractivity contribution in [2.75, 3.05) is 26.7 Å². The number of rotatable bonds is 5. The van der Waals surface area contributed by atoms with E-state index in [2.05, 4.69) is 60.5 Å². The molecule has 6 heteroatoms. The number of aromatic nitrogens is 1. The summed E-state index contributed by atoms with van der Waals surface area (Å²) < 4.78 is 0. The molecule has 1 fully saturated rings. The van der Waals surface area contributed by atoms with Crippen LogP contribution in [0.15, 0.2) is 10.4 Å². The van der Waals surface area contributed by atoms with E-state index in [0.717, 1.165) is 18.9 Å². The highest BCUT2D eigenvalue weighted by Crippen LogP contribution is 2.23. The van der Waals surface area contributed by atoms with Gasteiger partial charge in [0.25, 0.3) is 0 Å². The molecule has 2 heterocycles. The number of nitrogens with zero attached hydrogens (tertiary/aromatic N) is 3. The molecule has 0 unspecified atom stereocenters. The molecular formula is C19H35N5S. The predicted molar refractivity (Wildman–Crippen MR) is 109 cm³/mol. The van der Waals surface area contributed by atoms with Crippen LogP contribution in [-0.4, -0.2) is 54.6 Å². The average Bonchev–Trinajstić information content (AvgIpc) is 3.03. The second kappa shape index (κ2) is 8.99. The maximum atomic E-state index is 4.76. The number of nitrogens with one attached hydrogen (secondary N) is 2. The minimum atomic E-state index is 0.130. The van der Waals surface area contributed by atoms with Crippen LogP contribution >= 0.6 is 11.3 Å². The summed E-state index contributed by atoms with van der Waals surface area (Å²) in [6.45, 7) is 14.4. The normalized spacial score (nSPS) is 18.0. The lowest BCUT2D eigenvalue weighted by Gasteiger charge is -2.35. The Bertz CT molecular complexity index is 550. The zero-order chi connectivity index (χ0) is 18.4. The Hall–Kier alpha value is -1.14. The second-order valence-corrected chi connectivity index (χ2v) is 9.12. The van der Waals surface area contributed by atoms with Crippen molar-refractivity contribution in [3.05, 3.63) is 16.1 Å². The zero-order valence-electron chi connectivity index (χ0n) is 16.7. The van der Waals surface area contributed by atoms with Gasteiger partial charge in [0.05, 0.1) is 10.7 Å². The number of hydrogen-bond acceptors (Lipinski definition) is 4. The molecule has 1 saturated heterocycles. The van der Waals surface area contributed by atoms with Crippen LogP contribution in [0.4, 0.5) is 0 Å². The van der Waals surface area contributed by atoms with E-state index in [-0.39, 0.29) is 5.41 Å². The fourth-order valence-electron chi connectivity index (χ4n) is 3.01. The first-order valence-electron chi connectivity index (χ1n) is 9.45. The van der Waals surface area contributed by atoms with Crippen molar-refractivity contribution in [2.45, 2.75) is 71.4 Å². The molecule has 0 saturated carbocycles. The Morgan fingerprint density at radius 2 is 2.04 bits per heavy atom. The topological polar surface area (TPSA) is 52.6 Å². The van der Waals surface area contributed by atoms with E-state index in [0.29, 0.717) is 12.1 Å². The van der Waals surface area contributed by atoms with Crippen LogP contribution in [0.1, 0.15) is 58.2 Å². The van der Waals surface area contributed by atoms with Gasteiger partial charge in [-0.25, -0.2) is 4.98 Å². The summed E-state index contributed by atoms with van der Waals surface area (Å²) in [7, 11) is 1.85. The van der Waals surface area contributed by atoms with Gasteiger partial charge in [0, 0.05) is 56.0 Å². The molecule has 0 spiro atoms. The highest BCUT2D eigenvalue weighted by molar-refractivity contribution is 7.09. The van der Waals surface area contributed by atoms with Gasteiger partial charge in [0.15, 0.2) is 5.96 Å². The summed E-state index contributed by atoms with van der Waals surface area (Å²) >= 11 is 1.76. The van der Waals surface area contributed by atoms with Crippen LogP contribution in [0.3, 0.4) is 0 Å². The third-order valence-electron chi connectivity index (χ3n) is 4.78. The van der Waals surface area contributed by atoms with Gasteiger partial charge < -0.3 is 15.5 Å². The molecule has 0 atom stereocenters. The molecule has 1 aliphatic rings. The second-order valence-electron chi connectivity index (χ2n) is 8.17. The van der Waals surface area contributed by atoms with E-state index in [1.165, 1.54) is 36.6 Å². The maximum absolute atomic E-state index is 4.76. The Morgan fingerprint density at radius 1 is 1.36 bits per heavy atom. The number of guanidine groups is 1. The fraction of sp³-hybridized carbons (Fsp3) is 0.789. The monoisotopic (exact) mass is 365 g/mol. The number of hydrogen-bond donors (Lipinski definition) is 2. The van der Waals surface area contributed by atoms with Crippen molar-refractivity contribution in [3.8, 4) is 0 Å². The molecule has 25 heavy (non-hydrogen) atoms. The summed E-state index contributed by atoms with van der Waals surface area (Å²) in [5.41, 5.74) is 1.32. The minimum Gasteiger partial charge on any atom is -0.356 e. The molecular weight excluding hydrogens is 330 g/mol. The van der Waals surface area contributed by atoms with Crippen molar-refractivity contribution >= 4 is 17.3 Å². The lowest BCUT2D eigenvalue weighted by molar-refractivity contribution is 0.167. The van der Waals surface area contributed by atoms with Gasteiger partial charge in [-0.3, -0.25) is 4.99 Å². The van der Waals surface area contributed by atoms with Crippen LogP contribution in [0.5, 0.6) is 0 Å². The molecule has 0 radical (unpaired) electrons. The Balaban J connectivity index is 1.73. The lowest BCUT2D eigenvalue weighted by Crippen LogP contribution is -2.50. The molecule has 2 N–H and O–H groups in total. The van der Waals surface area contributed by atoms with Gasteiger partial charge in [0.1, 0.15) is 0 Å². The molecule has 5 nitrogen and oxygen atoms in total. The van der Waals surface area contributed by atoms with E-state index in [4.69, 9.17) is 4.98 Å². The third-order valence-corrected chi connectivity index (χ3v) is 5.68. The quantitative estimate of drug-likeness (QED) is 0.622. The Morgan fingerprint density at radius 3 is 2.56 bits per heavy atom. The molecule has 0 aliphatic carbocycles. The van der Waals surface area contributed by atoms with Crippen molar-refractivity contribution < 1.29 is 0 Å². The van der Waals surface area contributed by atoms with Crippen molar-refractivity contribution in [1.82, 2.24) is 20.5 Å². The third kappa shape index (κ3) is 6.26. The minimum absolute atomic E-state index is 0.130. The molecule has 2 rings (SSSR count). The molecule has 1 aromatic rings. The smallest absolute Gasteiger partial charge is 0.191 e. The van der Waals surface area contributed by atoms with Crippen LogP contribution in [0.25, 0.3) is 0 Å². The van der Waals surface area contributed by atoms with Crippen molar-refractivity contribution in [3.63, 3.8) is 0 Å². The van der Waals surface area contributed by atoms with E-state index in [1.54, 1.807) is 11.3 Å². The molecule has 1 aromatic heterocycles. The van der Waals surface area contributed by atoms with Gasteiger partial charge >= 0.3 is 0 Å². The lowest BCUT2D eigenvalue weighted by atomic mass is 9.93. The Labute approximate surface area is 157 Å². The molecule has 0 amide bonds. The molecule has 1 aliphatic heterocycles. The number of piperidine rings is 1. The first-order valence-corrected chi connectivity index (χ1v) is 10.3. The average molecular weight is 366 g/mol. The molecule has 142 valence electrons. The summed E-state index contributed by atoms with van der Waals surface area (Å²) in [5.74, 6) is 0.913.